The van der Waals surface area contributed by atoms with Crippen molar-refractivity contribution in [2.75, 3.05) is 57.0 Å². The SMILES string of the molecule is CCOc1nn(C)cc1Nc1ncc(F)c(-c2c[nH]c3c(NC(=O)CN4CCN(C)CC4)cccc23)n1. The number of piperazine rings is 1. The molecule has 11 nitrogen and oxygen atoms in total. The Labute approximate surface area is 213 Å². The first-order chi connectivity index (χ1) is 17.9. The number of rotatable bonds is 8. The molecule has 0 unspecified atom stereocenters. The van der Waals surface area contributed by atoms with Crippen molar-refractivity contribution in [3.05, 3.63) is 42.6 Å². The molecule has 1 aromatic carbocycles. The number of benzene rings is 1. The second kappa shape index (κ2) is 10.5. The quantitative estimate of drug-likeness (QED) is 0.334. The molecular weight excluding hydrogens is 477 g/mol. The van der Waals surface area contributed by atoms with Gasteiger partial charge in [0.05, 0.1) is 36.7 Å². The number of H-pyrrole nitrogens is 1. The number of anilines is 3. The molecule has 0 bridgehead atoms. The summed E-state index contributed by atoms with van der Waals surface area (Å²) in [6.07, 6.45) is 4.55. The number of ether oxygens (including phenoxy) is 1. The standard InChI is InChI=1S/C25H30FN9O2/c1-4-37-24-20(14-34(3)32-24)30-25-28-13-18(26)22(31-25)17-12-27-23-16(17)6-5-7-19(23)29-21(36)15-35-10-8-33(2)9-11-35/h5-7,12-14,27H,4,8-11,15H2,1-3H3,(H,29,36)(H,28,30,31). The van der Waals surface area contributed by atoms with Crippen molar-refractivity contribution < 1.29 is 13.9 Å². The number of para-hydroxylation sites is 1. The van der Waals surface area contributed by atoms with Crippen LogP contribution in [0.25, 0.3) is 22.2 Å². The van der Waals surface area contributed by atoms with Gasteiger partial charge in [-0.2, -0.15) is 0 Å². The summed E-state index contributed by atoms with van der Waals surface area (Å²) >= 11 is 0. The number of nitrogens with one attached hydrogen (secondary N) is 3. The van der Waals surface area contributed by atoms with Crippen LogP contribution in [0.15, 0.2) is 36.8 Å². The summed E-state index contributed by atoms with van der Waals surface area (Å²) in [5.41, 5.74) is 2.59. The zero-order valence-electron chi connectivity index (χ0n) is 21.1. The van der Waals surface area contributed by atoms with Gasteiger partial charge >= 0.3 is 0 Å². The molecule has 5 rings (SSSR count). The van der Waals surface area contributed by atoms with Gasteiger partial charge in [0.15, 0.2) is 5.82 Å². The van der Waals surface area contributed by atoms with E-state index < -0.39 is 5.82 Å². The van der Waals surface area contributed by atoms with Crippen LogP contribution in [0.5, 0.6) is 5.88 Å². The highest BCUT2D eigenvalue weighted by Crippen LogP contribution is 2.33. The van der Waals surface area contributed by atoms with Crippen LogP contribution in [-0.4, -0.2) is 86.8 Å². The number of aromatic nitrogens is 5. The molecule has 1 aliphatic heterocycles. The van der Waals surface area contributed by atoms with Gasteiger partial charge in [0.2, 0.25) is 11.9 Å². The molecule has 0 spiro atoms. The van der Waals surface area contributed by atoms with Gasteiger partial charge in [-0.25, -0.2) is 14.4 Å². The molecule has 12 heteroatoms. The number of carbonyl (C=O) groups is 1. The van der Waals surface area contributed by atoms with Crippen LogP contribution in [0.4, 0.5) is 21.7 Å². The molecular formula is C25H30FN9O2. The topological polar surface area (TPSA) is 116 Å². The molecule has 0 aliphatic carbocycles. The number of amides is 1. The number of hydrogen-bond donors (Lipinski definition) is 3. The van der Waals surface area contributed by atoms with Crippen LogP contribution in [0, 0.1) is 5.82 Å². The highest BCUT2D eigenvalue weighted by Gasteiger charge is 2.20. The van der Waals surface area contributed by atoms with Crippen molar-refractivity contribution in [3.63, 3.8) is 0 Å². The molecule has 0 saturated carbocycles. The van der Waals surface area contributed by atoms with E-state index in [0.717, 1.165) is 37.8 Å². The average Bonchev–Trinajstić information content (AvgIpc) is 3.45. The molecule has 37 heavy (non-hydrogen) atoms. The Bertz CT molecular complexity index is 1410. The summed E-state index contributed by atoms with van der Waals surface area (Å²) in [7, 11) is 3.86. The van der Waals surface area contributed by atoms with E-state index in [1.165, 1.54) is 0 Å². The Morgan fingerprint density at radius 3 is 2.78 bits per heavy atom. The number of fused-ring (bicyclic) bond motifs is 1. The van der Waals surface area contributed by atoms with E-state index >= 15 is 0 Å². The summed E-state index contributed by atoms with van der Waals surface area (Å²) in [4.78, 5) is 28.8. The minimum atomic E-state index is -0.563. The Balaban J connectivity index is 1.38. The maximum absolute atomic E-state index is 14.9. The molecule has 1 fully saturated rings. The van der Waals surface area contributed by atoms with E-state index in [2.05, 4.69) is 47.5 Å². The first kappa shape index (κ1) is 24.7. The van der Waals surface area contributed by atoms with E-state index in [4.69, 9.17) is 4.74 Å². The van der Waals surface area contributed by atoms with Crippen molar-refractivity contribution in [3.8, 4) is 17.1 Å². The Kier molecular flexibility index (Phi) is 7.01. The number of hydrogen-bond acceptors (Lipinski definition) is 8. The van der Waals surface area contributed by atoms with Gasteiger partial charge in [-0.1, -0.05) is 12.1 Å². The maximum Gasteiger partial charge on any atom is 0.256 e. The average molecular weight is 508 g/mol. The van der Waals surface area contributed by atoms with Crippen LogP contribution in [-0.2, 0) is 11.8 Å². The Morgan fingerprint density at radius 1 is 1.19 bits per heavy atom. The van der Waals surface area contributed by atoms with Gasteiger partial charge in [-0.15, -0.1) is 5.10 Å². The van der Waals surface area contributed by atoms with Gasteiger partial charge < -0.3 is 25.3 Å². The molecule has 0 atom stereocenters. The van der Waals surface area contributed by atoms with Crippen molar-refractivity contribution in [1.29, 1.82) is 0 Å². The molecule has 4 heterocycles. The van der Waals surface area contributed by atoms with E-state index in [-0.39, 0.29) is 17.5 Å². The van der Waals surface area contributed by atoms with Crippen molar-refractivity contribution in [1.82, 2.24) is 34.5 Å². The van der Waals surface area contributed by atoms with Crippen molar-refractivity contribution in [2.45, 2.75) is 6.92 Å². The number of nitrogens with zero attached hydrogens (tertiary/aromatic N) is 6. The third kappa shape index (κ3) is 5.39. The fraction of sp³-hybridized carbons (Fsp3) is 0.360. The molecule has 4 aromatic rings. The van der Waals surface area contributed by atoms with Gasteiger partial charge in [0.1, 0.15) is 11.4 Å². The van der Waals surface area contributed by atoms with Gasteiger partial charge in [-0.3, -0.25) is 14.4 Å². The zero-order valence-corrected chi connectivity index (χ0v) is 21.1. The van der Waals surface area contributed by atoms with E-state index in [0.29, 0.717) is 41.5 Å². The summed E-state index contributed by atoms with van der Waals surface area (Å²) in [5, 5.41) is 11.1. The Hall–Kier alpha value is -4.03. The lowest BCUT2D eigenvalue weighted by molar-refractivity contribution is -0.117. The van der Waals surface area contributed by atoms with Gasteiger partial charge in [-0.05, 0) is 20.0 Å². The smallest absolute Gasteiger partial charge is 0.256 e. The van der Waals surface area contributed by atoms with Crippen molar-refractivity contribution in [2.24, 2.45) is 7.05 Å². The summed E-state index contributed by atoms with van der Waals surface area (Å²) < 4.78 is 22.1. The molecule has 1 saturated heterocycles. The zero-order chi connectivity index (χ0) is 25.9. The first-order valence-corrected chi connectivity index (χ1v) is 12.2. The highest BCUT2D eigenvalue weighted by atomic mass is 19.1. The third-order valence-corrected chi connectivity index (χ3v) is 6.27. The fourth-order valence-electron chi connectivity index (χ4n) is 4.39. The number of halogens is 1. The normalized spacial score (nSPS) is 14.7. The van der Waals surface area contributed by atoms with Crippen LogP contribution in [0.3, 0.4) is 0 Å². The summed E-state index contributed by atoms with van der Waals surface area (Å²) in [6.45, 7) is 6.24. The van der Waals surface area contributed by atoms with Crippen LogP contribution >= 0.6 is 0 Å². The van der Waals surface area contributed by atoms with Crippen molar-refractivity contribution >= 4 is 34.1 Å². The number of aromatic amines is 1. The van der Waals surface area contributed by atoms with E-state index in [9.17, 15) is 9.18 Å². The van der Waals surface area contributed by atoms with E-state index in [1.54, 1.807) is 24.1 Å². The minimum Gasteiger partial charge on any atom is -0.475 e. The lowest BCUT2D eigenvalue weighted by atomic mass is 10.1. The second-order valence-corrected chi connectivity index (χ2v) is 9.03. The summed E-state index contributed by atoms with van der Waals surface area (Å²) in [5.74, 6) is -0.0403. The Morgan fingerprint density at radius 2 is 2.00 bits per heavy atom. The second-order valence-electron chi connectivity index (χ2n) is 9.03. The van der Waals surface area contributed by atoms with Crippen LogP contribution in [0.2, 0.25) is 0 Å². The van der Waals surface area contributed by atoms with E-state index in [1.807, 2.05) is 25.1 Å². The number of carbonyl (C=O) groups excluding carboxylic acids is 1. The molecule has 1 aliphatic rings. The molecule has 3 aromatic heterocycles. The highest BCUT2D eigenvalue weighted by molar-refractivity contribution is 6.06. The third-order valence-electron chi connectivity index (χ3n) is 6.27. The fourth-order valence-corrected chi connectivity index (χ4v) is 4.39. The lowest BCUT2D eigenvalue weighted by Crippen LogP contribution is -2.47. The predicted octanol–water partition coefficient (Wildman–Crippen LogP) is 2.83. The van der Waals surface area contributed by atoms with Crippen LogP contribution in [0.1, 0.15) is 6.92 Å². The number of aryl methyl sites for hydroxylation is 1. The lowest BCUT2D eigenvalue weighted by Gasteiger charge is -2.31. The first-order valence-electron chi connectivity index (χ1n) is 12.2. The number of likely N-dealkylation sites (N-methyl/N-ethyl adjacent to an activating group) is 1. The van der Waals surface area contributed by atoms with Gasteiger partial charge in [0, 0.05) is 50.4 Å². The molecule has 3 N–H and O–H groups in total. The maximum atomic E-state index is 14.9. The summed E-state index contributed by atoms with van der Waals surface area (Å²) in [6, 6.07) is 5.51. The largest absolute Gasteiger partial charge is 0.475 e. The molecule has 0 radical (unpaired) electrons. The molecule has 194 valence electrons. The predicted molar refractivity (Wildman–Crippen MR) is 140 cm³/mol. The minimum absolute atomic E-state index is 0.0884. The van der Waals surface area contributed by atoms with Gasteiger partial charge in [0.25, 0.3) is 5.88 Å². The van der Waals surface area contributed by atoms with Crippen LogP contribution < -0.4 is 15.4 Å². The monoisotopic (exact) mass is 507 g/mol. The molecule has 1 amide bonds.